The number of aryl methyl sites for hydroxylation is 1. The number of rotatable bonds is 6. The number of hydrogen-bond acceptors (Lipinski definition) is 4. The molecule has 0 spiro atoms. The van der Waals surface area contributed by atoms with E-state index in [0.29, 0.717) is 0 Å². The standard InChI is InChI=1S/C20H28N4OS.HI/c1-16-14-23-18(26-16)8-11-22-19(21-2)24-15-20(9-12-25-13-10-20)17-6-4-3-5-7-17;/h3-7,14H,8-13,15H2,1-2H3,(H2,21,22,24);1H. The van der Waals surface area contributed by atoms with E-state index in [2.05, 4.69) is 57.9 Å². The van der Waals surface area contributed by atoms with Crippen molar-refractivity contribution in [2.75, 3.05) is 33.4 Å². The normalized spacial score (nSPS) is 16.4. The molecule has 1 aromatic heterocycles. The van der Waals surface area contributed by atoms with Gasteiger partial charge < -0.3 is 15.4 Å². The van der Waals surface area contributed by atoms with E-state index in [1.54, 1.807) is 11.3 Å². The van der Waals surface area contributed by atoms with E-state index in [9.17, 15) is 0 Å². The molecule has 27 heavy (non-hydrogen) atoms. The van der Waals surface area contributed by atoms with Gasteiger partial charge in [-0.1, -0.05) is 30.3 Å². The summed E-state index contributed by atoms with van der Waals surface area (Å²) in [6.07, 6.45) is 4.90. The number of guanidine groups is 1. The zero-order valence-electron chi connectivity index (χ0n) is 16.0. The van der Waals surface area contributed by atoms with Crippen LogP contribution in [0.25, 0.3) is 0 Å². The molecule has 2 N–H and O–H groups in total. The lowest BCUT2D eigenvalue weighted by Gasteiger charge is -2.38. The van der Waals surface area contributed by atoms with E-state index < -0.39 is 0 Å². The third-order valence-electron chi connectivity index (χ3n) is 4.95. The first-order valence-electron chi connectivity index (χ1n) is 9.21. The molecule has 1 aliphatic heterocycles. The molecule has 1 saturated heterocycles. The SMILES string of the molecule is CN=C(NCCc1ncc(C)s1)NCC1(c2ccccc2)CCOCC1.I. The molecule has 2 heterocycles. The van der Waals surface area contributed by atoms with Gasteiger partial charge in [-0.25, -0.2) is 4.98 Å². The van der Waals surface area contributed by atoms with Crippen LogP contribution in [0.5, 0.6) is 0 Å². The van der Waals surface area contributed by atoms with Gasteiger partial charge in [0.2, 0.25) is 0 Å². The van der Waals surface area contributed by atoms with E-state index in [-0.39, 0.29) is 29.4 Å². The number of benzene rings is 1. The highest BCUT2D eigenvalue weighted by molar-refractivity contribution is 14.0. The summed E-state index contributed by atoms with van der Waals surface area (Å²) < 4.78 is 5.62. The zero-order valence-corrected chi connectivity index (χ0v) is 19.2. The Kier molecular flexibility index (Phi) is 8.98. The molecule has 0 radical (unpaired) electrons. The number of aliphatic imine (C=N–C) groups is 1. The molecule has 0 atom stereocenters. The van der Waals surface area contributed by atoms with Gasteiger partial charge in [0.15, 0.2) is 5.96 Å². The Balaban J connectivity index is 0.00000261. The smallest absolute Gasteiger partial charge is 0.191 e. The number of nitrogens with zero attached hydrogens (tertiary/aromatic N) is 2. The molecular formula is C20H29IN4OS. The third kappa shape index (κ3) is 6.15. The van der Waals surface area contributed by atoms with Gasteiger partial charge in [-0.15, -0.1) is 35.3 Å². The molecule has 148 valence electrons. The van der Waals surface area contributed by atoms with Crippen molar-refractivity contribution in [3.05, 3.63) is 52.0 Å². The predicted molar refractivity (Wildman–Crippen MR) is 124 cm³/mol. The second-order valence-corrected chi connectivity index (χ2v) is 8.05. The number of ether oxygens (including phenoxy) is 1. The van der Waals surface area contributed by atoms with Crippen molar-refractivity contribution < 1.29 is 4.74 Å². The number of aromatic nitrogens is 1. The van der Waals surface area contributed by atoms with Gasteiger partial charge in [-0.3, -0.25) is 4.99 Å². The molecule has 2 aromatic rings. The maximum Gasteiger partial charge on any atom is 0.191 e. The van der Waals surface area contributed by atoms with Gasteiger partial charge in [-0.05, 0) is 25.3 Å². The summed E-state index contributed by atoms with van der Waals surface area (Å²) >= 11 is 1.75. The highest BCUT2D eigenvalue weighted by Gasteiger charge is 2.34. The minimum Gasteiger partial charge on any atom is -0.381 e. The molecule has 1 aromatic carbocycles. The topological polar surface area (TPSA) is 58.5 Å². The summed E-state index contributed by atoms with van der Waals surface area (Å²) in [6, 6.07) is 10.8. The Morgan fingerprint density at radius 3 is 2.59 bits per heavy atom. The monoisotopic (exact) mass is 500 g/mol. The predicted octanol–water partition coefficient (Wildman–Crippen LogP) is 3.53. The fourth-order valence-electron chi connectivity index (χ4n) is 3.40. The first-order chi connectivity index (χ1) is 12.7. The van der Waals surface area contributed by atoms with Crippen molar-refractivity contribution >= 4 is 41.3 Å². The minimum atomic E-state index is 0. The molecule has 1 aliphatic rings. The molecule has 5 nitrogen and oxygen atoms in total. The minimum absolute atomic E-state index is 0. The zero-order chi connectivity index (χ0) is 18.2. The van der Waals surface area contributed by atoms with Gasteiger partial charge in [0.25, 0.3) is 0 Å². The Morgan fingerprint density at radius 2 is 1.96 bits per heavy atom. The van der Waals surface area contributed by atoms with Crippen LogP contribution in [0.15, 0.2) is 41.5 Å². The van der Waals surface area contributed by atoms with Gasteiger partial charge in [-0.2, -0.15) is 0 Å². The molecule has 0 aliphatic carbocycles. The van der Waals surface area contributed by atoms with Gasteiger partial charge in [0.05, 0.1) is 5.01 Å². The fraction of sp³-hybridized carbons (Fsp3) is 0.500. The Hall–Kier alpha value is -1.19. The van der Waals surface area contributed by atoms with Crippen LogP contribution < -0.4 is 10.6 Å². The maximum atomic E-state index is 5.62. The van der Waals surface area contributed by atoms with Crippen LogP contribution in [0.2, 0.25) is 0 Å². The molecule has 0 bridgehead atoms. The van der Waals surface area contributed by atoms with Crippen LogP contribution >= 0.6 is 35.3 Å². The third-order valence-corrected chi connectivity index (χ3v) is 5.93. The number of hydrogen-bond donors (Lipinski definition) is 2. The Labute approximate surface area is 183 Å². The number of nitrogens with one attached hydrogen (secondary N) is 2. The second kappa shape index (κ2) is 11.0. The lowest BCUT2D eigenvalue weighted by molar-refractivity contribution is 0.0514. The quantitative estimate of drug-likeness (QED) is 0.362. The Bertz CT molecular complexity index is 714. The molecule has 0 amide bonds. The first-order valence-corrected chi connectivity index (χ1v) is 10.0. The second-order valence-electron chi connectivity index (χ2n) is 6.73. The maximum absolute atomic E-state index is 5.62. The van der Waals surface area contributed by atoms with Crippen molar-refractivity contribution in [3.8, 4) is 0 Å². The van der Waals surface area contributed by atoms with Gasteiger partial charge in [0.1, 0.15) is 0 Å². The Morgan fingerprint density at radius 1 is 1.22 bits per heavy atom. The first kappa shape index (κ1) is 22.1. The lowest BCUT2D eigenvalue weighted by atomic mass is 9.74. The van der Waals surface area contributed by atoms with Gasteiger partial charge in [0, 0.05) is 56.3 Å². The van der Waals surface area contributed by atoms with Crippen LogP contribution in [0, 0.1) is 6.92 Å². The summed E-state index contributed by atoms with van der Waals surface area (Å²) in [7, 11) is 1.82. The van der Waals surface area contributed by atoms with Crippen molar-refractivity contribution in [1.82, 2.24) is 15.6 Å². The van der Waals surface area contributed by atoms with Crippen molar-refractivity contribution in [1.29, 1.82) is 0 Å². The highest BCUT2D eigenvalue weighted by Crippen LogP contribution is 2.34. The van der Waals surface area contributed by atoms with Crippen LogP contribution in [0.3, 0.4) is 0 Å². The van der Waals surface area contributed by atoms with Crippen LogP contribution in [0.1, 0.15) is 28.3 Å². The van der Waals surface area contributed by atoms with Crippen LogP contribution in [-0.4, -0.2) is 44.3 Å². The van der Waals surface area contributed by atoms with Crippen molar-refractivity contribution in [3.63, 3.8) is 0 Å². The lowest BCUT2D eigenvalue weighted by Crippen LogP contribution is -2.48. The van der Waals surface area contributed by atoms with E-state index in [1.807, 2.05) is 13.2 Å². The van der Waals surface area contributed by atoms with E-state index in [1.165, 1.54) is 10.4 Å². The molecule has 0 unspecified atom stereocenters. The summed E-state index contributed by atoms with van der Waals surface area (Å²) in [4.78, 5) is 10.0. The van der Waals surface area contributed by atoms with E-state index >= 15 is 0 Å². The van der Waals surface area contributed by atoms with Crippen LogP contribution in [-0.2, 0) is 16.6 Å². The largest absolute Gasteiger partial charge is 0.381 e. The summed E-state index contributed by atoms with van der Waals surface area (Å²) in [5, 5.41) is 8.11. The molecular weight excluding hydrogens is 471 g/mol. The summed E-state index contributed by atoms with van der Waals surface area (Å²) in [5.74, 6) is 0.847. The average Bonchev–Trinajstić information content (AvgIpc) is 3.11. The molecule has 0 saturated carbocycles. The molecule has 7 heteroatoms. The number of halogens is 1. The van der Waals surface area contributed by atoms with Gasteiger partial charge >= 0.3 is 0 Å². The van der Waals surface area contributed by atoms with Crippen molar-refractivity contribution in [2.45, 2.75) is 31.6 Å². The highest BCUT2D eigenvalue weighted by atomic mass is 127. The van der Waals surface area contributed by atoms with E-state index in [0.717, 1.165) is 56.5 Å². The fourth-order valence-corrected chi connectivity index (χ4v) is 4.19. The van der Waals surface area contributed by atoms with Crippen molar-refractivity contribution in [2.24, 2.45) is 4.99 Å². The summed E-state index contributed by atoms with van der Waals surface area (Å²) in [5.41, 5.74) is 1.48. The van der Waals surface area contributed by atoms with Crippen LogP contribution in [0.4, 0.5) is 0 Å². The molecule has 3 rings (SSSR count). The van der Waals surface area contributed by atoms with E-state index in [4.69, 9.17) is 4.74 Å². The summed E-state index contributed by atoms with van der Waals surface area (Å²) in [6.45, 7) is 5.40. The number of thiazole rings is 1. The average molecular weight is 500 g/mol. The molecule has 1 fully saturated rings.